The molecular formula is C52H46F5N6O7P. The summed E-state index contributed by atoms with van der Waals surface area (Å²) in [6.45, 7) is 3.75. The number of aryl methyl sites for hydroxylation is 2. The number of nitrogens with zero attached hydrogens (tertiary/aromatic N) is 6. The molecule has 0 aliphatic carbocycles. The predicted molar refractivity (Wildman–Crippen MR) is 254 cm³/mol. The third kappa shape index (κ3) is 10.3. The summed E-state index contributed by atoms with van der Waals surface area (Å²) in [6.07, 6.45) is -1.04. The number of rotatable bonds is 16. The summed E-state index contributed by atoms with van der Waals surface area (Å²) in [7, 11) is -3.15. The second-order valence-corrected chi connectivity index (χ2v) is 18.1. The number of alkyl halides is 3. The molecule has 0 amide bonds. The van der Waals surface area contributed by atoms with Gasteiger partial charge in [0.05, 0.1) is 43.0 Å². The first-order valence-corrected chi connectivity index (χ1v) is 24.1. The van der Waals surface area contributed by atoms with Gasteiger partial charge in [-0.15, -0.1) is 0 Å². The van der Waals surface area contributed by atoms with Gasteiger partial charge in [-0.2, -0.15) is 18.3 Å². The fraction of sp³-hybridized carbons (Fsp3) is 0.231. The summed E-state index contributed by atoms with van der Waals surface area (Å²) >= 11 is 0. The number of hydrogen-bond donors (Lipinski definition) is 0. The summed E-state index contributed by atoms with van der Waals surface area (Å²) in [5, 5.41) is 5.52. The van der Waals surface area contributed by atoms with Crippen LogP contribution in [0.25, 0.3) is 27.8 Å². The molecule has 0 radical (unpaired) electrons. The van der Waals surface area contributed by atoms with E-state index in [0.29, 0.717) is 64.8 Å². The lowest BCUT2D eigenvalue weighted by Gasteiger charge is -2.27. The number of phosphoric acid groups is 1. The van der Waals surface area contributed by atoms with E-state index in [9.17, 15) is 22.5 Å². The maximum atomic E-state index is 16.6. The molecule has 1 aliphatic rings. The Bertz CT molecular complexity index is 3190. The number of carbonyl (C=O) groups is 1. The second kappa shape index (κ2) is 20.5. The molecule has 19 heteroatoms. The SMILES string of the molecule is CCc1cccc(CC)c1-n1nc2c(c1-c1cc(F)c(OC)c3c1ccn3C(=O)OCc1ccc(OP(=O)(OCc3ccccc3)OCc3ccccc3)c(F)c1)CN(c1ncc(C(F)(F)F)cn1)CC2. The quantitative estimate of drug-likeness (QED) is 0.0677. The molecule has 3 aromatic heterocycles. The van der Waals surface area contributed by atoms with E-state index in [0.717, 1.165) is 39.8 Å². The van der Waals surface area contributed by atoms with Gasteiger partial charge in [0.15, 0.2) is 23.1 Å². The molecule has 13 nitrogen and oxygen atoms in total. The number of aromatic nitrogens is 5. The zero-order valence-electron chi connectivity index (χ0n) is 38.7. The molecule has 0 N–H and O–H groups in total. The molecule has 0 unspecified atom stereocenters. The summed E-state index contributed by atoms with van der Waals surface area (Å²) < 4.78 is 118. The first-order chi connectivity index (χ1) is 34.3. The van der Waals surface area contributed by atoms with Crippen LogP contribution in [0, 0.1) is 11.6 Å². The number of halogens is 5. The van der Waals surface area contributed by atoms with Crippen molar-refractivity contribution in [3.8, 4) is 28.4 Å². The van der Waals surface area contributed by atoms with Crippen LogP contribution in [-0.4, -0.2) is 44.1 Å². The van der Waals surface area contributed by atoms with E-state index in [4.69, 9.17) is 28.1 Å². The third-order valence-electron chi connectivity index (χ3n) is 12.0. The van der Waals surface area contributed by atoms with Crippen LogP contribution in [0.3, 0.4) is 0 Å². The van der Waals surface area contributed by atoms with Gasteiger partial charge in [-0.05, 0) is 64.9 Å². The molecule has 0 fully saturated rings. The van der Waals surface area contributed by atoms with Crippen LogP contribution in [0.5, 0.6) is 11.5 Å². The Hall–Kier alpha value is -7.40. The maximum Gasteiger partial charge on any atom is 0.530 e. The van der Waals surface area contributed by atoms with E-state index < -0.39 is 49.6 Å². The van der Waals surface area contributed by atoms with Gasteiger partial charge >= 0.3 is 20.1 Å². The molecule has 1 aliphatic heterocycles. The van der Waals surface area contributed by atoms with Gasteiger partial charge in [-0.3, -0.25) is 9.05 Å². The Morgan fingerprint density at radius 1 is 0.775 bits per heavy atom. The number of para-hydroxylation sites is 1. The largest absolute Gasteiger partial charge is 0.530 e. The van der Waals surface area contributed by atoms with Crippen molar-refractivity contribution in [1.82, 2.24) is 24.3 Å². The van der Waals surface area contributed by atoms with Crippen LogP contribution < -0.4 is 14.2 Å². The van der Waals surface area contributed by atoms with Crippen LogP contribution in [0.1, 0.15) is 58.5 Å². The van der Waals surface area contributed by atoms with Crippen molar-refractivity contribution in [2.24, 2.45) is 0 Å². The number of hydrogen-bond acceptors (Lipinski definition) is 11. The molecule has 0 bridgehead atoms. The lowest BCUT2D eigenvalue weighted by Crippen LogP contribution is -2.31. The zero-order valence-corrected chi connectivity index (χ0v) is 39.6. The second-order valence-electron chi connectivity index (χ2n) is 16.5. The van der Waals surface area contributed by atoms with Gasteiger partial charge < -0.3 is 18.9 Å². The summed E-state index contributed by atoms with van der Waals surface area (Å²) in [4.78, 5) is 23.9. The van der Waals surface area contributed by atoms with Crippen molar-refractivity contribution in [2.45, 2.75) is 65.7 Å². The number of fused-ring (bicyclic) bond motifs is 2. The minimum Gasteiger partial charge on any atom is -0.492 e. The van der Waals surface area contributed by atoms with Gasteiger partial charge in [0.2, 0.25) is 5.95 Å². The van der Waals surface area contributed by atoms with Gasteiger partial charge in [0.25, 0.3) is 0 Å². The number of methoxy groups -OCH3 is 1. The van der Waals surface area contributed by atoms with Gasteiger partial charge in [-0.25, -0.2) is 37.4 Å². The van der Waals surface area contributed by atoms with Crippen molar-refractivity contribution in [3.63, 3.8) is 0 Å². The summed E-state index contributed by atoms with van der Waals surface area (Å²) in [5.41, 5.74) is 5.52. The monoisotopic (exact) mass is 992 g/mol. The minimum absolute atomic E-state index is 0.0314. The molecule has 0 saturated carbocycles. The molecule has 4 heterocycles. The topological polar surface area (TPSA) is 132 Å². The smallest absolute Gasteiger partial charge is 0.492 e. The van der Waals surface area contributed by atoms with Crippen molar-refractivity contribution in [2.75, 3.05) is 18.6 Å². The highest BCUT2D eigenvalue weighted by Crippen LogP contribution is 2.52. The highest BCUT2D eigenvalue weighted by molar-refractivity contribution is 7.48. The number of carbonyl (C=O) groups excluding carboxylic acids is 1. The average molecular weight is 993 g/mol. The maximum absolute atomic E-state index is 16.6. The van der Waals surface area contributed by atoms with Gasteiger partial charge in [-0.1, -0.05) is 98.8 Å². The van der Waals surface area contributed by atoms with Gasteiger partial charge in [0.1, 0.15) is 12.1 Å². The molecule has 0 atom stereocenters. The lowest BCUT2D eigenvalue weighted by atomic mass is 9.97. The van der Waals surface area contributed by atoms with Crippen molar-refractivity contribution >= 4 is 30.8 Å². The summed E-state index contributed by atoms with van der Waals surface area (Å²) in [5.74, 6) is -2.36. The Labute approximate surface area is 405 Å². The predicted octanol–water partition coefficient (Wildman–Crippen LogP) is 12.4. The third-order valence-corrected chi connectivity index (χ3v) is 13.3. The fourth-order valence-corrected chi connectivity index (χ4v) is 9.68. The Balaban J connectivity index is 1.02. The first kappa shape index (κ1) is 48.6. The van der Waals surface area contributed by atoms with Crippen LogP contribution >= 0.6 is 7.82 Å². The number of anilines is 1. The standard InChI is InChI=1S/C52H46F5N6O7P/c1-4-36-17-12-18-37(5-2)46(36)63-47(41-29-61(23-22-44(41)60-63)50-58-27-38(28-59-50)52(55,56)57)40-26-43(54)49(66-3)48-39(40)21-24-62(48)51(64)67-30-35-19-20-45(42(53)25-35)70-71(65,68-31-33-13-8-6-9-14-33)69-32-34-15-10-7-11-16-34/h6-21,24-28H,4-5,22-23,29-32H2,1-3H3. The Morgan fingerprint density at radius 2 is 1.42 bits per heavy atom. The van der Waals surface area contributed by atoms with Crippen molar-refractivity contribution < 1.29 is 54.4 Å². The van der Waals surface area contributed by atoms with E-state index >= 15 is 8.78 Å². The van der Waals surface area contributed by atoms with Gasteiger partial charge in [0, 0.05) is 54.6 Å². The molecule has 0 saturated heterocycles. The molecular weight excluding hydrogens is 947 g/mol. The van der Waals surface area contributed by atoms with E-state index in [1.54, 1.807) is 64.2 Å². The number of ether oxygens (including phenoxy) is 2. The number of benzene rings is 5. The van der Waals surface area contributed by atoms with E-state index in [2.05, 4.69) is 9.97 Å². The zero-order chi connectivity index (χ0) is 49.9. The average Bonchev–Trinajstić information content (AvgIpc) is 4.00. The number of phosphoric ester groups is 1. The molecule has 71 heavy (non-hydrogen) atoms. The van der Waals surface area contributed by atoms with Crippen molar-refractivity contribution in [3.05, 3.63) is 184 Å². The van der Waals surface area contributed by atoms with E-state index in [1.807, 2.05) is 44.2 Å². The molecule has 9 rings (SSSR count). The first-order valence-electron chi connectivity index (χ1n) is 22.6. The highest BCUT2D eigenvalue weighted by Gasteiger charge is 2.35. The molecule has 5 aromatic carbocycles. The summed E-state index contributed by atoms with van der Waals surface area (Å²) in [6, 6.07) is 30.4. The van der Waals surface area contributed by atoms with E-state index in [1.165, 1.54) is 31.5 Å². The minimum atomic E-state index is -4.62. The van der Waals surface area contributed by atoms with Crippen molar-refractivity contribution in [1.29, 1.82) is 0 Å². The van der Waals surface area contributed by atoms with Crippen LogP contribution in [0.2, 0.25) is 0 Å². The molecule has 8 aromatic rings. The van der Waals surface area contributed by atoms with Crippen LogP contribution in [-0.2, 0) is 70.2 Å². The van der Waals surface area contributed by atoms with Crippen LogP contribution in [0.15, 0.2) is 128 Å². The lowest BCUT2D eigenvalue weighted by molar-refractivity contribution is -0.138. The van der Waals surface area contributed by atoms with Crippen LogP contribution in [0.4, 0.5) is 32.7 Å². The Kier molecular flexibility index (Phi) is 14.0. The fourth-order valence-electron chi connectivity index (χ4n) is 8.50. The Morgan fingerprint density at radius 3 is 2.01 bits per heavy atom. The highest BCUT2D eigenvalue weighted by atomic mass is 31.2. The molecule has 366 valence electrons. The normalized spacial score (nSPS) is 12.8. The van der Waals surface area contributed by atoms with E-state index in [-0.39, 0.29) is 42.5 Å². The molecule has 0 spiro atoms.